The van der Waals surface area contributed by atoms with Gasteiger partial charge in [-0.05, 0) is 32.1 Å². The first-order valence-electron chi connectivity index (χ1n) is 7.43. The third-order valence-corrected chi connectivity index (χ3v) is 5.36. The number of amides is 2. The van der Waals surface area contributed by atoms with Crippen molar-refractivity contribution >= 4 is 23.8 Å². The Kier molecular flexibility index (Phi) is 5.57. The maximum atomic E-state index is 12.6. The second kappa shape index (κ2) is 7.20. The zero-order valence-corrected chi connectivity index (χ0v) is 12.9. The summed E-state index contributed by atoms with van der Waals surface area (Å²) in [7, 11) is 0. The van der Waals surface area contributed by atoms with E-state index in [1.54, 1.807) is 0 Å². The number of carboxylic acids is 1. The summed E-state index contributed by atoms with van der Waals surface area (Å²) < 4.78 is 0. The molecule has 2 rings (SSSR count). The van der Waals surface area contributed by atoms with Gasteiger partial charge in [0.2, 0.25) is 0 Å². The van der Waals surface area contributed by atoms with Gasteiger partial charge in [-0.25, -0.2) is 4.79 Å². The van der Waals surface area contributed by atoms with Gasteiger partial charge < -0.3 is 14.9 Å². The number of carboxylic acid groups (broad SMARTS) is 1. The molecule has 1 N–H and O–H groups in total. The Bertz CT molecular complexity index is 364. The second-order valence-corrected chi connectivity index (χ2v) is 6.94. The summed E-state index contributed by atoms with van der Waals surface area (Å²) in [4.78, 5) is 27.1. The lowest BCUT2D eigenvalue weighted by Crippen LogP contribution is -2.53. The van der Waals surface area contributed by atoms with Gasteiger partial charge in [-0.15, -0.1) is 0 Å². The fraction of sp³-hybridized carbons (Fsp3) is 0.857. The number of hydrogen-bond donors (Lipinski definition) is 1. The van der Waals surface area contributed by atoms with E-state index in [4.69, 9.17) is 5.11 Å². The highest BCUT2D eigenvalue weighted by Crippen LogP contribution is 2.24. The number of aliphatic carboxylic acids is 1. The minimum Gasteiger partial charge on any atom is -0.481 e. The number of carbonyl (C=O) groups excluding carboxylic acids is 1. The molecule has 0 aromatic heterocycles. The monoisotopic (exact) mass is 300 g/mol. The van der Waals surface area contributed by atoms with Gasteiger partial charge >= 0.3 is 12.0 Å². The zero-order chi connectivity index (χ0) is 14.5. The van der Waals surface area contributed by atoms with E-state index in [9.17, 15) is 9.59 Å². The summed E-state index contributed by atoms with van der Waals surface area (Å²) in [6.45, 7) is 4.48. The molecule has 2 atom stereocenters. The molecule has 2 aliphatic heterocycles. The van der Waals surface area contributed by atoms with Gasteiger partial charge in [0.05, 0.1) is 0 Å². The van der Waals surface area contributed by atoms with Crippen molar-refractivity contribution in [1.82, 2.24) is 9.80 Å². The van der Waals surface area contributed by atoms with Crippen LogP contribution < -0.4 is 0 Å². The molecule has 0 aromatic rings. The van der Waals surface area contributed by atoms with Crippen LogP contribution in [0.4, 0.5) is 4.79 Å². The highest BCUT2D eigenvalue weighted by atomic mass is 32.2. The van der Waals surface area contributed by atoms with Crippen LogP contribution in [0.15, 0.2) is 0 Å². The summed E-state index contributed by atoms with van der Waals surface area (Å²) in [6.07, 6.45) is 2.93. The van der Waals surface area contributed by atoms with E-state index < -0.39 is 5.97 Å². The van der Waals surface area contributed by atoms with E-state index in [2.05, 4.69) is 6.92 Å². The highest BCUT2D eigenvalue weighted by molar-refractivity contribution is 7.99. The lowest BCUT2D eigenvalue weighted by molar-refractivity contribution is -0.137. The lowest BCUT2D eigenvalue weighted by Gasteiger charge is -2.40. The molecule has 0 spiro atoms. The SMILES string of the molecule is CC1CSCCN1C(=O)N1CCCC(CCC(=O)O)C1. The number of piperidine rings is 1. The summed E-state index contributed by atoms with van der Waals surface area (Å²) in [6, 6.07) is 0.457. The molecule has 0 bridgehead atoms. The standard InChI is InChI=1S/C14H24N2O3S/c1-11-10-20-8-7-16(11)14(19)15-6-2-3-12(9-15)4-5-13(17)18/h11-12H,2-10H2,1H3,(H,17,18). The van der Waals surface area contributed by atoms with Gasteiger partial charge in [0.1, 0.15) is 0 Å². The van der Waals surface area contributed by atoms with E-state index in [1.165, 1.54) is 0 Å². The van der Waals surface area contributed by atoms with Gasteiger partial charge in [0.25, 0.3) is 0 Å². The van der Waals surface area contributed by atoms with Crippen molar-refractivity contribution in [3.8, 4) is 0 Å². The number of hydrogen-bond acceptors (Lipinski definition) is 3. The second-order valence-electron chi connectivity index (χ2n) is 5.79. The first-order valence-corrected chi connectivity index (χ1v) is 8.58. The molecule has 2 saturated heterocycles. The Morgan fingerprint density at radius 1 is 1.35 bits per heavy atom. The molecule has 0 radical (unpaired) electrons. The molecular formula is C14H24N2O3S. The van der Waals surface area contributed by atoms with Crippen molar-refractivity contribution in [1.29, 1.82) is 0 Å². The molecule has 2 aliphatic rings. The van der Waals surface area contributed by atoms with Gasteiger partial charge in [0, 0.05) is 43.6 Å². The normalized spacial score (nSPS) is 27.4. The van der Waals surface area contributed by atoms with Gasteiger partial charge in [-0.3, -0.25) is 4.79 Å². The third-order valence-electron chi connectivity index (χ3n) is 4.17. The quantitative estimate of drug-likeness (QED) is 0.867. The molecule has 6 heteroatoms. The number of urea groups is 1. The maximum Gasteiger partial charge on any atom is 0.320 e. The lowest BCUT2D eigenvalue weighted by atomic mass is 9.93. The van der Waals surface area contributed by atoms with Crippen molar-refractivity contribution in [2.24, 2.45) is 5.92 Å². The molecule has 20 heavy (non-hydrogen) atoms. The molecule has 2 fully saturated rings. The zero-order valence-electron chi connectivity index (χ0n) is 12.1. The van der Waals surface area contributed by atoms with Crippen molar-refractivity contribution in [2.75, 3.05) is 31.1 Å². The van der Waals surface area contributed by atoms with Crippen molar-refractivity contribution in [3.63, 3.8) is 0 Å². The molecule has 5 nitrogen and oxygen atoms in total. The van der Waals surface area contributed by atoms with E-state index in [0.29, 0.717) is 18.4 Å². The molecule has 0 aromatic carbocycles. The van der Waals surface area contributed by atoms with Gasteiger partial charge in [-0.2, -0.15) is 11.8 Å². The Morgan fingerprint density at radius 3 is 2.85 bits per heavy atom. The summed E-state index contributed by atoms with van der Waals surface area (Å²) in [5, 5.41) is 8.77. The average molecular weight is 300 g/mol. The van der Waals surface area contributed by atoms with Gasteiger partial charge in [0.15, 0.2) is 0 Å². The first-order chi connectivity index (χ1) is 9.58. The van der Waals surface area contributed by atoms with Crippen LogP contribution in [0, 0.1) is 5.92 Å². The molecule has 0 saturated carbocycles. The van der Waals surface area contributed by atoms with Crippen LogP contribution in [0.3, 0.4) is 0 Å². The number of carbonyl (C=O) groups is 2. The molecule has 2 unspecified atom stereocenters. The van der Waals surface area contributed by atoms with Crippen LogP contribution in [-0.2, 0) is 4.79 Å². The Hall–Kier alpha value is -0.910. The highest BCUT2D eigenvalue weighted by Gasteiger charge is 2.30. The summed E-state index contributed by atoms with van der Waals surface area (Å²) in [5.41, 5.74) is 0. The Morgan fingerprint density at radius 2 is 2.15 bits per heavy atom. The van der Waals surface area contributed by atoms with Crippen LogP contribution in [0.25, 0.3) is 0 Å². The van der Waals surface area contributed by atoms with Crippen LogP contribution in [0.1, 0.15) is 32.6 Å². The number of nitrogens with zero attached hydrogens (tertiary/aromatic N) is 2. The van der Waals surface area contributed by atoms with Crippen LogP contribution in [0.5, 0.6) is 0 Å². The van der Waals surface area contributed by atoms with Crippen molar-refractivity contribution in [3.05, 3.63) is 0 Å². The smallest absolute Gasteiger partial charge is 0.320 e. The van der Waals surface area contributed by atoms with Crippen molar-refractivity contribution in [2.45, 2.75) is 38.6 Å². The molecule has 114 valence electrons. The Labute approximate surface area is 124 Å². The maximum absolute atomic E-state index is 12.6. The number of rotatable bonds is 3. The van der Waals surface area contributed by atoms with Crippen LogP contribution in [0.2, 0.25) is 0 Å². The van der Waals surface area contributed by atoms with E-state index in [0.717, 1.165) is 44.0 Å². The predicted octanol–water partition coefficient (Wildman–Crippen LogP) is 2.12. The van der Waals surface area contributed by atoms with E-state index >= 15 is 0 Å². The van der Waals surface area contributed by atoms with Crippen LogP contribution in [-0.4, -0.2) is 64.1 Å². The predicted molar refractivity (Wildman–Crippen MR) is 80.1 cm³/mol. The largest absolute Gasteiger partial charge is 0.481 e. The summed E-state index contributed by atoms with van der Waals surface area (Å²) in [5.74, 6) is 1.64. The minimum atomic E-state index is -0.741. The van der Waals surface area contributed by atoms with Crippen molar-refractivity contribution < 1.29 is 14.7 Å². The van der Waals surface area contributed by atoms with Gasteiger partial charge in [-0.1, -0.05) is 0 Å². The number of likely N-dealkylation sites (tertiary alicyclic amines) is 1. The summed E-state index contributed by atoms with van der Waals surface area (Å²) >= 11 is 1.91. The molecule has 2 amide bonds. The topological polar surface area (TPSA) is 60.9 Å². The Balaban J connectivity index is 1.87. The van der Waals surface area contributed by atoms with E-state index in [-0.39, 0.29) is 12.5 Å². The first kappa shape index (κ1) is 15.5. The molecular weight excluding hydrogens is 276 g/mol. The fourth-order valence-corrected chi connectivity index (χ4v) is 4.01. The number of thioether (sulfide) groups is 1. The van der Waals surface area contributed by atoms with Crippen LogP contribution >= 0.6 is 11.8 Å². The fourth-order valence-electron chi connectivity index (χ4n) is 3.00. The molecule has 0 aliphatic carbocycles. The minimum absolute atomic E-state index is 0.151. The van der Waals surface area contributed by atoms with E-state index in [1.807, 2.05) is 21.6 Å². The average Bonchev–Trinajstić information content (AvgIpc) is 2.45. The third kappa shape index (κ3) is 4.04. The molecule has 2 heterocycles.